The number of anilines is 1. The SMILES string of the molecule is COc1ccc(N2CCN(C(=O)N3CCCC(CCCN(C=O)C4CCCCC4)C3)CC2)cc1. The van der Waals surface area contributed by atoms with Crippen LogP contribution in [0.2, 0.25) is 0 Å². The van der Waals surface area contributed by atoms with Gasteiger partial charge in [0.15, 0.2) is 0 Å². The van der Waals surface area contributed by atoms with Crippen LogP contribution >= 0.6 is 0 Å². The van der Waals surface area contributed by atoms with Gasteiger partial charge in [-0.05, 0) is 68.7 Å². The minimum Gasteiger partial charge on any atom is -0.497 e. The van der Waals surface area contributed by atoms with Gasteiger partial charge in [-0.25, -0.2) is 4.79 Å². The maximum atomic E-state index is 13.2. The molecule has 7 nitrogen and oxygen atoms in total. The minimum atomic E-state index is 0.204. The monoisotopic (exact) mass is 470 g/mol. The van der Waals surface area contributed by atoms with Gasteiger partial charge in [-0.3, -0.25) is 4.79 Å². The number of methoxy groups -OCH3 is 1. The zero-order valence-electron chi connectivity index (χ0n) is 20.9. The van der Waals surface area contributed by atoms with E-state index in [1.54, 1.807) is 7.11 Å². The lowest BCUT2D eigenvalue weighted by atomic mass is 9.92. The number of piperidine rings is 1. The molecular formula is C27H42N4O3. The lowest BCUT2D eigenvalue weighted by Crippen LogP contribution is -2.54. The largest absolute Gasteiger partial charge is 0.497 e. The molecule has 0 radical (unpaired) electrons. The summed E-state index contributed by atoms with van der Waals surface area (Å²) in [5.41, 5.74) is 1.18. The van der Waals surface area contributed by atoms with Gasteiger partial charge in [0, 0.05) is 57.5 Å². The maximum Gasteiger partial charge on any atom is 0.320 e. The fourth-order valence-electron chi connectivity index (χ4n) is 5.92. The van der Waals surface area contributed by atoms with Crippen molar-refractivity contribution in [2.24, 2.45) is 5.92 Å². The average Bonchev–Trinajstić information content (AvgIpc) is 2.91. The first-order valence-corrected chi connectivity index (χ1v) is 13.3. The van der Waals surface area contributed by atoms with Crippen LogP contribution in [0.4, 0.5) is 10.5 Å². The Morgan fingerprint density at radius 2 is 1.71 bits per heavy atom. The molecule has 2 aliphatic heterocycles. The van der Waals surface area contributed by atoms with E-state index in [-0.39, 0.29) is 6.03 Å². The molecule has 2 heterocycles. The Kier molecular flexibility index (Phi) is 8.94. The molecule has 1 unspecified atom stereocenters. The van der Waals surface area contributed by atoms with Crippen molar-refractivity contribution in [3.05, 3.63) is 24.3 Å². The Morgan fingerprint density at radius 3 is 2.38 bits per heavy atom. The molecule has 34 heavy (non-hydrogen) atoms. The van der Waals surface area contributed by atoms with Crippen LogP contribution in [0.15, 0.2) is 24.3 Å². The molecule has 7 heteroatoms. The van der Waals surface area contributed by atoms with Crippen LogP contribution in [0.5, 0.6) is 5.75 Å². The molecule has 0 bridgehead atoms. The van der Waals surface area contributed by atoms with E-state index in [9.17, 15) is 9.59 Å². The van der Waals surface area contributed by atoms with Crippen molar-refractivity contribution in [2.75, 3.05) is 57.8 Å². The quantitative estimate of drug-likeness (QED) is 0.534. The Morgan fingerprint density at radius 1 is 0.971 bits per heavy atom. The van der Waals surface area contributed by atoms with Gasteiger partial charge < -0.3 is 24.3 Å². The molecule has 2 saturated heterocycles. The Labute approximate surface area is 205 Å². The van der Waals surface area contributed by atoms with Crippen LogP contribution in [0.25, 0.3) is 0 Å². The van der Waals surface area contributed by atoms with E-state index in [0.29, 0.717) is 12.0 Å². The fourth-order valence-corrected chi connectivity index (χ4v) is 5.92. The summed E-state index contributed by atoms with van der Waals surface area (Å²) in [4.78, 5) is 33.3. The van der Waals surface area contributed by atoms with Gasteiger partial charge >= 0.3 is 6.03 Å². The standard InChI is InChI=1S/C27H42N4O3/c1-34-26-13-11-25(12-14-26)28-17-19-29(20-18-28)27(33)30-15-5-7-23(21-30)8-6-16-31(22-32)24-9-3-2-4-10-24/h11-14,22-24H,2-10,15-21H2,1H3. The van der Waals surface area contributed by atoms with Gasteiger partial charge in [-0.2, -0.15) is 0 Å². The summed E-state index contributed by atoms with van der Waals surface area (Å²) in [6.07, 6.45) is 11.6. The van der Waals surface area contributed by atoms with Crippen LogP contribution in [-0.2, 0) is 4.79 Å². The summed E-state index contributed by atoms with van der Waals surface area (Å²) in [5.74, 6) is 1.42. The number of carbonyl (C=O) groups is 2. The molecule has 188 valence electrons. The highest BCUT2D eigenvalue weighted by Gasteiger charge is 2.29. The van der Waals surface area contributed by atoms with Gasteiger partial charge in [-0.15, -0.1) is 0 Å². The minimum absolute atomic E-state index is 0.204. The molecule has 3 fully saturated rings. The molecular weight excluding hydrogens is 428 g/mol. The molecule has 1 atom stereocenters. The first-order chi connectivity index (χ1) is 16.7. The molecule has 1 saturated carbocycles. The first kappa shape index (κ1) is 24.7. The third-order valence-corrected chi connectivity index (χ3v) is 7.99. The van der Waals surface area contributed by atoms with Gasteiger partial charge in [0.05, 0.1) is 7.11 Å². The van der Waals surface area contributed by atoms with Gasteiger partial charge in [0.25, 0.3) is 0 Å². The summed E-state index contributed by atoms with van der Waals surface area (Å²) in [6, 6.07) is 8.81. The van der Waals surface area contributed by atoms with Crippen LogP contribution in [0.1, 0.15) is 57.8 Å². The van der Waals surface area contributed by atoms with Crippen molar-refractivity contribution in [3.63, 3.8) is 0 Å². The summed E-state index contributed by atoms with van der Waals surface area (Å²) < 4.78 is 5.26. The summed E-state index contributed by atoms with van der Waals surface area (Å²) in [5, 5.41) is 0. The number of amides is 3. The van der Waals surface area contributed by atoms with Crippen LogP contribution < -0.4 is 9.64 Å². The molecule has 1 aromatic carbocycles. The number of hydrogen-bond acceptors (Lipinski definition) is 4. The zero-order chi connectivity index (χ0) is 23.8. The van der Waals surface area contributed by atoms with E-state index in [0.717, 1.165) is 90.1 Å². The Bertz CT molecular complexity index is 773. The number of carbonyl (C=O) groups excluding carboxylic acids is 2. The fraction of sp³-hybridized carbons (Fsp3) is 0.704. The number of urea groups is 1. The van der Waals surface area contributed by atoms with Gasteiger partial charge in [-0.1, -0.05) is 19.3 Å². The summed E-state index contributed by atoms with van der Waals surface area (Å²) in [7, 11) is 1.68. The first-order valence-electron chi connectivity index (χ1n) is 13.3. The summed E-state index contributed by atoms with van der Waals surface area (Å²) >= 11 is 0. The third kappa shape index (κ3) is 6.36. The molecule has 1 aromatic rings. The second-order valence-electron chi connectivity index (χ2n) is 10.2. The molecule has 3 aliphatic rings. The number of piperazine rings is 1. The van der Waals surface area contributed by atoms with E-state index >= 15 is 0 Å². The van der Waals surface area contributed by atoms with E-state index < -0.39 is 0 Å². The number of likely N-dealkylation sites (tertiary alicyclic amines) is 1. The van der Waals surface area contributed by atoms with Gasteiger partial charge in [0.2, 0.25) is 6.41 Å². The van der Waals surface area contributed by atoms with Crippen LogP contribution in [-0.4, -0.2) is 86.1 Å². The Hall–Kier alpha value is -2.44. The second-order valence-corrected chi connectivity index (χ2v) is 10.2. The topological polar surface area (TPSA) is 56.3 Å². The number of hydrogen-bond donors (Lipinski definition) is 0. The summed E-state index contributed by atoms with van der Waals surface area (Å²) in [6.45, 7) is 5.85. The zero-order valence-corrected chi connectivity index (χ0v) is 20.9. The van der Waals surface area contributed by atoms with E-state index in [4.69, 9.17) is 4.74 Å². The lowest BCUT2D eigenvalue weighted by Gasteiger charge is -2.41. The van der Waals surface area contributed by atoms with Gasteiger partial charge in [0.1, 0.15) is 5.75 Å². The van der Waals surface area contributed by atoms with E-state index in [1.807, 2.05) is 21.9 Å². The highest BCUT2D eigenvalue weighted by atomic mass is 16.5. The molecule has 4 rings (SSSR count). The maximum absolute atomic E-state index is 13.2. The van der Waals surface area contributed by atoms with Crippen molar-refractivity contribution in [1.82, 2.24) is 14.7 Å². The molecule has 3 amide bonds. The number of rotatable bonds is 8. The van der Waals surface area contributed by atoms with E-state index in [2.05, 4.69) is 21.9 Å². The average molecular weight is 471 g/mol. The molecule has 0 spiro atoms. The number of ether oxygens (including phenoxy) is 1. The predicted octanol–water partition coefficient (Wildman–Crippen LogP) is 4.22. The smallest absolute Gasteiger partial charge is 0.320 e. The molecule has 0 N–H and O–H groups in total. The van der Waals surface area contributed by atoms with Crippen molar-refractivity contribution in [2.45, 2.75) is 63.8 Å². The Balaban J connectivity index is 1.20. The highest BCUT2D eigenvalue weighted by molar-refractivity contribution is 5.75. The van der Waals surface area contributed by atoms with Crippen molar-refractivity contribution in [3.8, 4) is 5.75 Å². The lowest BCUT2D eigenvalue weighted by molar-refractivity contribution is -0.120. The number of benzene rings is 1. The normalized spacial score (nSPS) is 21.9. The van der Waals surface area contributed by atoms with Crippen molar-refractivity contribution in [1.29, 1.82) is 0 Å². The third-order valence-electron chi connectivity index (χ3n) is 7.99. The van der Waals surface area contributed by atoms with E-state index in [1.165, 1.54) is 31.4 Å². The van der Waals surface area contributed by atoms with Crippen LogP contribution in [0.3, 0.4) is 0 Å². The van der Waals surface area contributed by atoms with Crippen molar-refractivity contribution < 1.29 is 14.3 Å². The molecule has 0 aromatic heterocycles. The molecule has 1 aliphatic carbocycles. The second kappa shape index (κ2) is 12.3. The highest BCUT2D eigenvalue weighted by Crippen LogP contribution is 2.26. The number of nitrogens with zero attached hydrogens (tertiary/aromatic N) is 4. The predicted molar refractivity (Wildman–Crippen MR) is 135 cm³/mol. The van der Waals surface area contributed by atoms with Crippen molar-refractivity contribution >= 4 is 18.1 Å². The van der Waals surface area contributed by atoms with Crippen LogP contribution in [0, 0.1) is 5.92 Å².